The summed E-state index contributed by atoms with van der Waals surface area (Å²) in [7, 11) is 0. The molecule has 3 rings (SSSR count). The number of nitrogens with zero attached hydrogens (tertiary/aromatic N) is 1. The van der Waals surface area contributed by atoms with Crippen molar-refractivity contribution in [1.82, 2.24) is 10.2 Å². The molecular formula is C16H30N2O. The van der Waals surface area contributed by atoms with E-state index in [2.05, 4.69) is 10.2 Å². The molecule has 1 heterocycles. The van der Waals surface area contributed by atoms with Crippen LogP contribution in [-0.2, 0) is 0 Å². The first-order chi connectivity index (χ1) is 9.33. The van der Waals surface area contributed by atoms with E-state index in [1.165, 1.54) is 58.0 Å². The van der Waals surface area contributed by atoms with Crippen LogP contribution >= 0.6 is 0 Å². The Bertz CT molecular complexity index is 276. The van der Waals surface area contributed by atoms with Gasteiger partial charge in [0.05, 0.1) is 6.61 Å². The highest BCUT2D eigenvalue weighted by molar-refractivity contribution is 4.88. The molecule has 0 amide bonds. The normalized spacial score (nSPS) is 33.3. The second-order valence-corrected chi connectivity index (χ2v) is 7.17. The molecule has 0 bridgehead atoms. The number of likely N-dealkylation sites (tertiary alicyclic amines) is 1. The molecule has 2 aliphatic carbocycles. The maximum atomic E-state index is 9.19. The first-order valence-electron chi connectivity index (χ1n) is 8.40. The van der Waals surface area contributed by atoms with Gasteiger partial charge in [0, 0.05) is 25.7 Å². The average molecular weight is 266 g/mol. The summed E-state index contributed by atoms with van der Waals surface area (Å²) in [5.41, 5.74) is 0. The first-order valence-corrected chi connectivity index (χ1v) is 8.40. The van der Waals surface area contributed by atoms with Crippen LogP contribution < -0.4 is 5.32 Å². The molecule has 3 aliphatic rings. The number of hydrogen-bond acceptors (Lipinski definition) is 3. The van der Waals surface area contributed by atoms with E-state index in [4.69, 9.17) is 0 Å². The van der Waals surface area contributed by atoms with E-state index in [0.29, 0.717) is 12.6 Å². The van der Waals surface area contributed by atoms with E-state index in [-0.39, 0.29) is 0 Å². The molecule has 19 heavy (non-hydrogen) atoms. The van der Waals surface area contributed by atoms with Crippen molar-refractivity contribution in [1.29, 1.82) is 0 Å². The average Bonchev–Trinajstić information content (AvgIpc) is 3.11. The van der Waals surface area contributed by atoms with Gasteiger partial charge in [-0.25, -0.2) is 0 Å². The summed E-state index contributed by atoms with van der Waals surface area (Å²) < 4.78 is 0. The summed E-state index contributed by atoms with van der Waals surface area (Å²) in [6.07, 6.45) is 10.1. The molecule has 2 atom stereocenters. The quantitative estimate of drug-likeness (QED) is 0.738. The molecule has 0 radical (unpaired) electrons. The Morgan fingerprint density at radius 2 is 1.84 bits per heavy atom. The smallest absolute Gasteiger partial charge is 0.0558 e. The van der Waals surface area contributed by atoms with Gasteiger partial charge in [0.15, 0.2) is 0 Å². The standard InChI is InChI=1S/C16H30N2O/c19-7-6-18-11-15(8-13-4-5-13)9-16(12-18)17-10-14-2-1-3-14/h13-17,19H,1-12H2. The van der Waals surface area contributed by atoms with Crippen molar-refractivity contribution >= 4 is 0 Å². The van der Waals surface area contributed by atoms with E-state index >= 15 is 0 Å². The Labute approximate surface area is 117 Å². The van der Waals surface area contributed by atoms with Crippen molar-refractivity contribution in [2.75, 3.05) is 32.8 Å². The fourth-order valence-electron chi connectivity index (χ4n) is 3.80. The molecule has 1 saturated heterocycles. The number of β-amino-alcohol motifs (C(OH)–C–C–N with tert-alkyl or cyclic N) is 1. The van der Waals surface area contributed by atoms with Gasteiger partial charge in [-0.05, 0) is 50.0 Å². The Morgan fingerprint density at radius 1 is 1.00 bits per heavy atom. The summed E-state index contributed by atoms with van der Waals surface area (Å²) in [6, 6.07) is 0.671. The highest BCUT2D eigenvalue weighted by Gasteiger charge is 2.32. The number of rotatable bonds is 7. The van der Waals surface area contributed by atoms with Gasteiger partial charge in [-0.1, -0.05) is 19.3 Å². The van der Waals surface area contributed by atoms with Gasteiger partial charge in [-0.15, -0.1) is 0 Å². The Balaban J connectivity index is 1.45. The minimum absolute atomic E-state index is 0.311. The topological polar surface area (TPSA) is 35.5 Å². The van der Waals surface area contributed by atoms with E-state index in [9.17, 15) is 5.11 Å². The molecule has 2 N–H and O–H groups in total. The van der Waals surface area contributed by atoms with E-state index < -0.39 is 0 Å². The Hall–Kier alpha value is -0.120. The molecule has 2 saturated carbocycles. The van der Waals surface area contributed by atoms with Gasteiger partial charge in [0.25, 0.3) is 0 Å². The zero-order chi connectivity index (χ0) is 13.1. The molecule has 3 fully saturated rings. The van der Waals surface area contributed by atoms with Crippen LogP contribution in [0.1, 0.15) is 44.9 Å². The van der Waals surface area contributed by atoms with Crippen molar-refractivity contribution in [3.05, 3.63) is 0 Å². The summed E-state index contributed by atoms with van der Waals surface area (Å²) in [5, 5.41) is 13.0. The molecule has 1 aliphatic heterocycles. The SMILES string of the molecule is OCCN1CC(CC2CC2)CC(NCC2CCC2)C1. The summed E-state index contributed by atoms with van der Waals surface area (Å²) >= 11 is 0. The van der Waals surface area contributed by atoms with Crippen LogP contribution in [0.15, 0.2) is 0 Å². The molecule has 2 unspecified atom stereocenters. The molecule has 3 heteroatoms. The Morgan fingerprint density at radius 3 is 2.47 bits per heavy atom. The molecule has 0 aromatic rings. The summed E-state index contributed by atoms with van der Waals surface area (Å²) in [6.45, 7) is 4.77. The third-order valence-corrected chi connectivity index (χ3v) is 5.31. The maximum absolute atomic E-state index is 9.19. The van der Waals surface area contributed by atoms with Gasteiger partial charge in [-0.2, -0.15) is 0 Å². The second-order valence-electron chi connectivity index (χ2n) is 7.17. The second kappa shape index (κ2) is 6.55. The lowest BCUT2D eigenvalue weighted by molar-refractivity contribution is 0.106. The van der Waals surface area contributed by atoms with Crippen LogP contribution in [0.3, 0.4) is 0 Å². The Kier molecular flexibility index (Phi) is 4.78. The summed E-state index contributed by atoms with van der Waals surface area (Å²) in [5.74, 6) is 2.85. The number of aliphatic hydroxyl groups excluding tert-OH is 1. The number of piperidine rings is 1. The van der Waals surface area contributed by atoms with Crippen molar-refractivity contribution < 1.29 is 5.11 Å². The molecule has 0 aromatic carbocycles. The van der Waals surface area contributed by atoms with Crippen LogP contribution in [-0.4, -0.2) is 48.8 Å². The minimum Gasteiger partial charge on any atom is -0.395 e. The highest BCUT2D eigenvalue weighted by Crippen LogP contribution is 2.37. The molecule has 110 valence electrons. The zero-order valence-electron chi connectivity index (χ0n) is 12.2. The number of nitrogens with one attached hydrogen (secondary N) is 1. The van der Waals surface area contributed by atoms with E-state index in [0.717, 1.165) is 30.8 Å². The fourth-order valence-corrected chi connectivity index (χ4v) is 3.80. The lowest BCUT2D eigenvalue weighted by Gasteiger charge is -2.39. The number of aliphatic hydroxyl groups is 1. The van der Waals surface area contributed by atoms with Gasteiger partial charge < -0.3 is 10.4 Å². The maximum Gasteiger partial charge on any atom is 0.0558 e. The van der Waals surface area contributed by atoms with E-state index in [1.807, 2.05) is 0 Å². The van der Waals surface area contributed by atoms with Crippen LogP contribution in [0.4, 0.5) is 0 Å². The van der Waals surface area contributed by atoms with Gasteiger partial charge in [0.2, 0.25) is 0 Å². The third kappa shape index (κ3) is 4.17. The van der Waals surface area contributed by atoms with Gasteiger partial charge >= 0.3 is 0 Å². The zero-order valence-corrected chi connectivity index (χ0v) is 12.2. The molecule has 0 aromatic heterocycles. The largest absolute Gasteiger partial charge is 0.395 e. The lowest BCUT2D eigenvalue weighted by Crippen LogP contribution is -2.51. The van der Waals surface area contributed by atoms with Crippen molar-refractivity contribution in [3.63, 3.8) is 0 Å². The minimum atomic E-state index is 0.311. The van der Waals surface area contributed by atoms with Gasteiger partial charge in [0.1, 0.15) is 0 Å². The third-order valence-electron chi connectivity index (χ3n) is 5.31. The van der Waals surface area contributed by atoms with E-state index in [1.54, 1.807) is 0 Å². The first kappa shape index (κ1) is 13.8. The molecule has 3 nitrogen and oxygen atoms in total. The van der Waals surface area contributed by atoms with Crippen molar-refractivity contribution in [3.8, 4) is 0 Å². The predicted molar refractivity (Wildman–Crippen MR) is 78.1 cm³/mol. The number of hydrogen-bond donors (Lipinski definition) is 2. The van der Waals surface area contributed by atoms with Crippen LogP contribution in [0.2, 0.25) is 0 Å². The van der Waals surface area contributed by atoms with Crippen LogP contribution in [0.5, 0.6) is 0 Å². The fraction of sp³-hybridized carbons (Fsp3) is 1.00. The predicted octanol–water partition coefficient (Wildman–Crippen LogP) is 1.86. The highest BCUT2D eigenvalue weighted by atomic mass is 16.3. The van der Waals surface area contributed by atoms with Crippen molar-refractivity contribution in [2.45, 2.75) is 51.0 Å². The van der Waals surface area contributed by atoms with Crippen LogP contribution in [0.25, 0.3) is 0 Å². The monoisotopic (exact) mass is 266 g/mol. The summed E-state index contributed by atoms with van der Waals surface area (Å²) in [4.78, 5) is 2.48. The van der Waals surface area contributed by atoms with Crippen LogP contribution in [0, 0.1) is 17.8 Å². The molecular weight excluding hydrogens is 236 g/mol. The van der Waals surface area contributed by atoms with Crippen molar-refractivity contribution in [2.24, 2.45) is 17.8 Å². The lowest BCUT2D eigenvalue weighted by atomic mass is 9.84. The molecule has 0 spiro atoms. The van der Waals surface area contributed by atoms with Gasteiger partial charge in [-0.3, -0.25) is 4.90 Å².